The second-order valence-corrected chi connectivity index (χ2v) is 7.40. The molecule has 0 aromatic heterocycles. The molecule has 25 heavy (non-hydrogen) atoms. The molecular weight excluding hydrogens is 316 g/mol. The number of nitrogens with zero attached hydrogens (tertiary/aromatic N) is 2. The zero-order valence-electron chi connectivity index (χ0n) is 15.3. The van der Waals surface area contributed by atoms with Crippen molar-refractivity contribution in [1.82, 2.24) is 9.80 Å². The molecule has 1 spiro atoms. The number of aryl methyl sites for hydroxylation is 1. The molecule has 0 radical (unpaired) electrons. The van der Waals surface area contributed by atoms with Crippen molar-refractivity contribution in [2.24, 2.45) is 5.41 Å². The van der Waals surface area contributed by atoms with Crippen LogP contribution >= 0.6 is 0 Å². The first-order valence-electron chi connectivity index (χ1n) is 9.16. The summed E-state index contributed by atoms with van der Waals surface area (Å²) in [5, 5.41) is 0. The van der Waals surface area contributed by atoms with Crippen LogP contribution < -0.4 is 0 Å². The smallest absolute Gasteiger partial charge is 0.230 e. The number of rotatable bonds is 5. The van der Waals surface area contributed by atoms with Gasteiger partial charge in [0.2, 0.25) is 11.8 Å². The van der Waals surface area contributed by atoms with Crippen molar-refractivity contribution in [2.75, 3.05) is 39.9 Å². The van der Waals surface area contributed by atoms with E-state index in [1.54, 1.807) is 7.11 Å². The van der Waals surface area contributed by atoms with E-state index >= 15 is 0 Å². The molecular formula is C20H28N2O3. The average molecular weight is 344 g/mol. The fraction of sp³-hybridized carbons (Fsp3) is 0.600. The fourth-order valence-electron chi connectivity index (χ4n) is 4.14. The summed E-state index contributed by atoms with van der Waals surface area (Å²) in [5.41, 5.74) is 1.84. The second kappa shape index (κ2) is 7.56. The van der Waals surface area contributed by atoms with Crippen LogP contribution in [0.4, 0.5) is 0 Å². The lowest BCUT2D eigenvalue weighted by molar-refractivity contribution is -0.146. The number of carbonyl (C=O) groups excluding carboxylic acids is 2. The van der Waals surface area contributed by atoms with Crippen LogP contribution in [0.25, 0.3) is 0 Å². The van der Waals surface area contributed by atoms with E-state index in [2.05, 4.69) is 6.07 Å². The van der Waals surface area contributed by atoms with E-state index in [1.807, 2.05) is 34.9 Å². The summed E-state index contributed by atoms with van der Waals surface area (Å²) < 4.78 is 5.12. The quantitative estimate of drug-likeness (QED) is 0.821. The minimum atomic E-state index is -0.367. The SMILES string of the molecule is COCCN1CCCC2(CCN(C(=O)Cc3cccc(C)c3)C2)C1=O. The van der Waals surface area contributed by atoms with Gasteiger partial charge >= 0.3 is 0 Å². The molecule has 2 saturated heterocycles. The molecule has 1 unspecified atom stereocenters. The van der Waals surface area contributed by atoms with Crippen LogP contribution in [0.3, 0.4) is 0 Å². The minimum absolute atomic E-state index is 0.129. The van der Waals surface area contributed by atoms with Gasteiger partial charge in [0.25, 0.3) is 0 Å². The molecule has 0 N–H and O–H groups in total. The Bertz CT molecular complexity index is 646. The van der Waals surface area contributed by atoms with Gasteiger partial charge in [0.15, 0.2) is 0 Å². The number of carbonyl (C=O) groups is 2. The number of ether oxygens (including phenoxy) is 1. The third-order valence-electron chi connectivity index (χ3n) is 5.53. The summed E-state index contributed by atoms with van der Waals surface area (Å²) in [4.78, 5) is 29.5. The van der Waals surface area contributed by atoms with Gasteiger partial charge in [-0.15, -0.1) is 0 Å². The predicted octanol–water partition coefficient (Wildman–Crippen LogP) is 2.03. The van der Waals surface area contributed by atoms with Crippen LogP contribution in [0.2, 0.25) is 0 Å². The number of piperidine rings is 1. The zero-order valence-corrected chi connectivity index (χ0v) is 15.3. The number of methoxy groups -OCH3 is 1. The largest absolute Gasteiger partial charge is 0.383 e. The van der Waals surface area contributed by atoms with Crippen molar-refractivity contribution >= 4 is 11.8 Å². The maximum atomic E-state index is 13.0. The molecule has 0 aliphatic carbocycles. The normalized spacial score (nSPS) is 23.5. The predicted molar refractivity (Wildman–Crippen MR) is 96.2 cm³/mol. The summed E-state index contributed by atoms with van der Waals surface area (Å²) >= 11 is 0. The molecule has 1 aromatic rings. The topological polar surface area (TPSA) is 49.9 Å². The molecule has 0 bridgehead atoms. The molecule has 2 amide bonds. The number of likely N-dealkylation sites (tertiary alicyclic amines) is 2. The van der Waals surface area contributed by atoms with Crippen LogP contribution in [-0.2, 0) is 20.7 Å². The lowest BCUT2D eigenvalue weighted by Crippen LogP contribution is -2.51. The second-order valence-electron chi connectivity index (χ2n) is 7.40. The molecule has 1 aromatic carbocycles. The molecule has 2 fully saturated rings. The first kappa shape index (κ1) is 17.9. The highest BCUT2D eigenvalue weighted by Crippen LogP contribution is 2.40. The number of amides is 2. The highest BCUT2D eigenvalue weighted by molar-refractivity contribution is 5.86. The summed E-state index contributed by atoms with van der Waals surface area (Å²) in [7, 11) is 1.66. The Hall–Kier alpha value is -1.88. The van der Waals surface area contributed by atoms with Gasteiger partial charge < -0.3 is 14.5 Å². The standard InChI is InChI=1S/C20H28N2O3/c1-16-5-3-6-17(13-16)14-18(23)22-10-8-20(15-22)7-4-9-21(19(20)24)11-12-25-2/h3,5-6,13H,4,7-12,14-15H2,1-2H3. The number of benzene rings is 1. The van der Waals surface area contributed by atoms with Crippen molar-refractivity contribution in [1.29, 1.82) is 0 Å². The van der Waals surface area contributed by atoms with E-state index in [-0.39, 0.29) is 17.2 Å². The lowest BCUT2D eigenvalue weighted by atomic mass is 9.78. The molecule has 3 rings (SSSR count). The van der Waals surface area contributed by atoms with Crippen LogP contribution in [0, 0.1) is 12.3 Å². The molecule has 1 atom stereocenters. The van der Waals surface area contributed by atoms with Gasteiger partial charge in [-0.1, -0.05) is 29.8 Å². The molecule has 2 heterocycles. The third kappa shape index (κ3) is 3.87. The van der Waals surface area contributed by atoms with Crippen LogP contribution in [0.1, 0.15) is 30.4 Å². The highest BCUT2D eigenvalue weighted by Gasteiger charge is 2.49. The van der Waals surface area contributed by atoms with E-state index in [0.717, 1.165) is 31.4 Å². The maximum absolute atomic E-state index is 13.0. The molecule has 2 aliphatic rings. The first-order chi connectivity index (χ1) is 12.0. The van der Waals surface area contributed by atoms with Crippen molar-refractivity contribution in [3.05, 3.63) is 35.4 Å². The third-order valence-corrected chi connectivity index (χ3v) is 5.53. The summed E-state index contributed by atoms with van der Waals surface area (Å²) in [6, 6.07) is 8.08. The van der Waals surface area contributed by atoms with E-state index in [0.29, 0.717) is 32.7 Å². The van der Waals surface area contributed by atoms with Crippen LogP contribution in [-0.4, -0.2) is 61.5 Å². The van der Waals surface area contributed by atoms with Gasteiger partial charge in [0, 0.05) is 33.3 Å². The first-order valence-corrected chi connectivity index (χ1v) is 9.16. The molecule has 0 saturated carbocycles. The summed E-state index contributed by atoms with van der Waals surface area (Å²) in [5.74, 6) is 0.339. The van der Waals surface area contributed by atoms with Gasteiger partial charge in [-0.2, -0.15) is 0 Å². The number of hydrogen-bond acceptors (Lipinski definition) is 3. The molecule has 5 heteroatoms. The van der Waals surface area contributed by atoms with Crippen molar-refractivity contribution in [2.45, 2.75) is 32.6 Å². The van der Waals surface area contributed by atoms with E-state index in [1.165, 1.54) is 5.56 Å². The fourth-order valence-corrected chi connectivity index (χ4v) is 4.14. The van der Waals surface area contributed by atoms with Crippen LogP contribution in [0.5, 0.6) is 0 Å². The van der Waals surface area contributed by atoms with E-state index in [9.17, 15) is 9.59 Å². The van der Waals surface area contributed by atoms with Gasteiger partial charge in [-0.3, -0.25) is 9.59 Å². The summed E-state index contributed by atoms with van der Waals surface area (Å²) in [6.07, 6.45) is 3.10. The Kier molecular flexibility index (Phi) is 5.42. The summed E-state index contributed by atoms with van der Waals surface area (Å²) in [6.45, 7) is 5.32. The minimum Gasteiger partial charge on any atom is -0.383 e. The Balaban J connectivity index is 1.63. The molecule has 2 aliphatic heterocycles. The molecule has 136 valence electrons. The monoisotopic (exact) mass is 344 g/mol. The highest BCUT2D eigenvalue weighted by atomic mass is 16.5. The van der Waals surface area contributed by atoms with Crippen LogP contribution in [0.15, 0.2) is 24.3 Å². The number of hydrogen-bond donors (Lipinski definition) is 0. The van der Waals surface area contributed by atoms with Crippen molar-refractivity contribution in [3.63, 3.8) is 0 Å². The lowest BCUT2D eigenvalue weighted by Gasteiger charge is -2.39. The van der Waals surface area contributed by atoms with Crippen molar-refractivity contribution < 1.29 is 14.3 Å². The molecule has 5 nitrogen and oxygen atoms in total. The Morgan fingerprint density at radius 2 is 2.12 bits per heavy atom. The van der Waals surface area contributed by atoms with E-state index < -0.39 is 0 Å². The Morgan fingerprint density at radius 3 is 2.88 bits per heavy atom. The Labute approximate surface area is 149 Å². The zero-order chi connectivity index (χ0) is 17.9. The van der Waals surface area contributed by atoms with Gasteiger partial charge in [-0.05, 0) is 31.7 Å². The van der Waals surface area contributed by atoms with Gasteiger partial charge in [0.1, 0.15) is 0 Å². The van der Waals surface area contributed by atoms with Crippen molar-refractivity contribution in [3.8, 4) is 0 Å². The van der Waals surface area contributed by atoms with Gasteiger partial charge in [0.05, 0.1) is 18.4 Å². The van der Waals surface area contributed by atoms with Gasteiger partial charge in [-0.25, -0.2) is 0 Å². The van der Waals surface area contributed by atoms with E-state index in [4.69, 9.17) is 4.74 Å². The Morgan fingerprint density at radius 1 is 1.28 bits per heavy atom. The average Bonchev–Trinajstić information content (AvgIpc) is 3.02. The maximum Gasteiger partial charge on any atom is 0.230 e.